The van der Waals surface area contributed by atoms with Gasteiger partial charge in [0.1, 0.15) is 5.82 Å². The zero-order valence-corrected chi connectivity index (χ0v) is 19.0. The van der Waals surface area contributed by atoms with Gasteiger partial charge in [-0.2, -0.15) is 8.78 Å². The summed E-state index contributed by atoms with van der Waals surface area (Å²) in [5.41, 5.74) is 1.25. The summed E-state index contributed by atoms with van der Waals surface area (Å²) >= 11 is 0. The molecule has 2 heterocycles. The van der Waals surface area contributed by atoms with Gasteiger partial charge < -0.3 is 10.0 Å². The van der Waals surface area contributed by atoms with Crippen molar-refractivity contribution in [2.75, 3.05) is 11.9 Å². The number of carbonyl (C=O) groups excluding carboxylic acids is 2. The highest BCUT2D eigenvalue weighted by molar-refractivity contribution is 5.97. The number of urea groups is 1. The lowest BCUT2D eigenvalue weighted by Gasteiger charge is -2.34. The Morgan fingerprint density at radius 3 is 2.47 bits per heavy atom. The smallest absolute Gasteiger partial charge is 0.335 e. The number of carboxylic acids is 1. The highest BCUT2D eigenvalue weighted by Gasteiger charge is 2.30. The molecule has 10 heteroatoms. The fourth-order valence-corrected chi connectivity index (χ4v) is 3.68. The Labute approximate surface area is 205 Å². The first-order chi connectivity index (χ1) is 17.2. The molecule has 1 aromatic heterocycles. The van der Waals surface area contributed by atoms with Gasteiger partial charge in [-0.05, 0) is 29.7 Å². The number of nitrogens with one attached hydrogen (secondary N) is 1. The largest absolute Gasteiger partial charge is 0.478 e. The molecule has 0 aliphatic carbocycles. The van der Waals surface area contributed by atoms with Crippen LogP contribution in [0.15, 0.2) is 66.9 Å². The van der Waals surface area contributed by atoms with Crippen LogP contribution in [0.25, 0.3) is 0 Å². The van der Waals surface area contributed by atoms with E-state index in [2.05, 4.69) is 10.3 Å². The maximum absolute atomic E-state index is 14.2. The van der Waals surface area contributed by atoms with Crippen LogP contribution in [0.5, 0.6) is 0 Å². The van der Waals surface area contributed by atoms with E-state index in [1.165, 1.54) is 58.5 Å². The summed E-state index contributed by atoms with van der Waals surface area (Å²) in [5.74, 6) is -3.06. The molecule has 2 N–H and O–H groups in total. The van der Waals surface area contributed by atoms with Crippen molar-refractivity contribution in [1.29, 1.82) is 0 Å². The summed E-state index contributed by atoms with van der Waals surface area (Å²) in [7, 11) is 1.55. The van der Waals surface area contributed by atoms with E-state index in [-0.39, 0.29) is 35.8 Å². The first-order valence-corrected chi connectivity index (χ1v) is 10.8. The first-order valence-electron chi connectivity index (χ1n) is 10.8. The lowest BCUT2D eigenvalue weighted by molar-refractivity contribution is 0.0636. The van der Waals surface area contributed by atoms with E-state index in [9.17, 15) is 23.2 Å². The average molecular weight is 490 g/mol. The molecule has 8 nitrogen and oxygen atoms in total. The highest BCUT2D eigenvalue weighted by atomic mass is 19.3. The molecular weight excluding hydrogens is 470 g/mol. The van der Waals surface area contributed by atoms with Crippen LogP contribution in [-0.2, 0) is 19.0 Å². The van der Waals surface area contributed by atoms with Gasteiger partial charge in [0.15, 0.2) is 0 Å². The molecule has 0 spiro atoms. The molecule has 2 aromatic carbocycles. The van der Waals surface area contributed by atoms with Crippen LogP contribution >= 0.6 is 0 Å². The van der Waals surface area contributed by atoms with Crippen molar-refractivity contribution in [1.82, 2.24) is 15.2 Å². The van der Waals surface area contributed by atoms with Crippen LogP contribution in [0.4, 0.5) is 19.4 Å². The van der Waals surface area contributed by atoms with Gasteiger partial charge in [-0.1, -0.05) is 42.5 Å². The number of benzene rings is 2. The highest BCUT2D eigenvalue weighted by Crippen LogP contribution is 2.28. The van der Waals surface area contributed by atoms with Gasteiger partial charge >= 0.3 is 17.9 Å². The number of fused-ring (bicyclic) bond motifs is 1. The quantitative estimate of drug-likeness (QED) is 0.418. The van der Waals surface area contributed by atoms with Crippen molar-refractivity contribution >= 4 is 23.7 Å². The van der Waals surface area contributed by atoms with Crippen LogP contribution in [0.3, 0.4) is 0 Å². The molecule has 0 fully saturated rings. The van der Waals surface area contributed by atoms with Crippen molar-refractivity contribution in [3.05, 3.63) is 94.7 Å². The standard InChI is InChI=1S/C26H20F2N4O4/c1-31-22-20(16-32(25(31)36)15-17-7-9-18(10-8-17)24(34)35)13-19(14-30-22)23(33)29-12-11-26(27,28)21-5-3-2-4-6-21/h2-10,13-14H,15-16H2,1H3,(H,29,33)(H,34,35). The summed E-state index contributed by atoms with van der Waals surface area (Å²) in [4.78, 5) is 43.4. The number of hydrogen-bond acceptors (Lipinski definition) is 4. The molecule has 0 saturated heterocycles. The molecule has 0 bridgehead atoms. The van der Waals surface area contributed by atoms with Crippen molar-refractivity contribution < 1.29 is 28.3 Å². The van der Waals surface area contributed by atoms with E-state index in [1.54, 1.807) is 31.2 Å². The van der Waals surface area contributed by atoms with Crippen LogP contribution in [0, 0.1) is 12.0 Å². The SMILES string of the molecule is CN1C(=O)N(Cc2ccc(C(=O)O)cc2)Cc2cc(C(=O)NC#CC(F)(F)c3ccccc3)cnc21. The van der Waals surface area contributed by atoms with Crippen molar-refractivity contribution in [2.24, 2.45) is 0 Å². The Hall–Kier alpha value is -4.78. The normalized spacial score (nSPS) is 12.9. The monoisotopic (exact) mass is 490 g/mol. The Kier molecular flexibility index (Phi) is 6.65. The number of pyridine rings is 1. The number of alkyl halides is 2. The molecule has 0 atom stereocenters. The molecule has 0 unspecified atom stereocenters. The fourth-order valence-electron chi connectivity index (χ4n) is 3.68. The third kappa shape index (κ3) is 5.15. The van der Waals surface area contributed by atoms with E-state index in [0.29, 0.717) is 11.4 Å². The lowest BCUT2D eigenvalue weighted by Crippen LogP contribution is -2.45. The van der Waals surface area contributed by atoms with Gasteiger partial charge in [-0.3, -0.25) is 15.0 Å². The lowest BCUT2D eigenvalue weighted by atomic mass is 10.1. The number of rotatable bonds is 5. The molecule has 4 rings (SSSR count). The Balaban J connectivity index is 1.48. The minimum absolute atomic E-state index is 0.0968. The molecular formula is C26H20F2N4O4. The van der Waals surface area contributed by atoms with E-state index in [0.717, 1.165) is 5.56 Å². The Morgan fingerprint density at radius 2 is 1.81 bits per heavy atom. The van der Waals surface area contributed by atoms with Crippen LogP contribution < -0.4 is 10.2 Å². The molecule has 1 aliphatic rings. The predicted octanol–water partition coefficient (Wildman–Crippen LogP) is 3.83. The number of aromatic nitrogens is 1. The van der Waals surface area contributed by atoms with E-state index < -0.39 is 17.8 Å². The van der Waals surface area contributed by atoms with Gasteiger partial charge in [-0.25, -0.2) is 14.6 Å². The van der Waals surface area contributed by atoms with Gasteiger partial charge in [0.2, 0.25) is 0 Å². The number of anilines is 1. The number of halogens is 2. The molecule has 182 valence electrons. The van der Waals surface area contributed by atoms with Crippen molar-refractivity contribution in [3.63, 3.8) is 0 Å². The number of amides is 3. The van der Waals surface area contributed by atoms with Crippen LogP contribution in [0.2, 0.25) is 0 Å². The summed E-state index contributed by atoms with van der Waals surface area (Å²) in [6.45, 7) is 0.351. The predicted molar refractivity (Wildman–Crippen MR) is 126 cm³/mol. The molecule has 3 amide bonds. The zero-order chi connectivity index (χ0) is 25.9. The molecule has 1 aliphatic heterocycles. The molecule has 3 aromatic rings. The third-order valence-corrected chi connectivity index (χ3v) is 5.55. The summed E-state index contributed by atoms with van der Waals surface area (Å²) in [5, 5.41) is 11.2. The molecule has 36 heavy (non-hydrogen) atoms. The van der Waals surface area contributed by atoms with E-state index in [1.807, 2.05) is 6.04 Å². The Bertz CT molecular complexity index is 1380. The number of nitrogens with zero attached hydrogens (tertiary/aromatic N) is 3. The van der Waals surface area contributed by atoms with E-state index in [4.69, 9.17) is 5.11 Å². The second kappa shape index (κ2) is 9.84. The van der Waals surface area contributed by atoms with Gasteiger partial charge in [0.25, 0.3) is 5.91 Å². The van der Waals surface area contributed by atoms with Crippen LogP contribution in [0.1, 0.15) is 37.4 Å². The average Bonchev–Trinajstić information content (AvgIpc) is 2.87. The fraction of sp³-hybridized carbons (Fsp3) is 0.154. The second-order valence-electron chi connectivity index (χ2n) is 8.05. The minimum atomic E-state index is -3.44. The summed E-state index contributed by atoms with van der Waals surface area (Å²) < 4.78 is 28.4. The van der Waals surface area contributed by atoms with Crippen LogP contribution in [-0.4, -0.2) is 39.9 Å². The van der Waals surface area contributed by atoms with Gasteiger partial charge in [0, 0.05) is 37.0 Å². The summed E-state index contributed by atoms with van der Waals surface area (Å²) in [6, 6.07) is 16.4. The zero-order valence-electron chi connectivity index (χ0n) is 19.0. The Morgan fingerprint density at radius 1 is 1.11 bits per heavy atom. The minimum Gasteiger partial charge on any atom is -0.478 e. The third-order valence-electron chi connectivity index (χ3n) is 5.55. The molecule has 0 saturated carbocycles. The number of hydrogen-bond donors (Lipinski definition) is 2. The maximum atomic E-state index is 14.2. The van der Waals surface area contributed by atoms with E-state index >= 15 is 0 Å². The first kappa shape index (κ1) is 24.3. The van der Waals surface area contributed by atoms with Crippen molar-refractivity contribution in [2.45, 2.75) is 19.0 Å². The number of carboxylic acid groups (broad SMARTS) is 1. The maximum Gasteiger partial charge on any atom is 0.335 e. The van der Waals surface area contributed by atoms with Crippen molar-refractivity contribution in [3.8, 4) is 12.0 Å². The van der Waals surface area contributed by atoms with Gasteiger partial charge in [0.05, 0.1) is 17.7 Å². The number of carbonyl (C=O) groups is 3. The number of aromatic carboxylic acids is 1. The topological polar surface area (TPSA) is 103 Å². The van der Waals surface area contributed by atoms with Gasteiger partial charge in [-0.15, -0.1) is 0 Å². The summed E-state index contributed by atoms with van der Waals surface area (Å²) in [6.07, 6.45) is 1.25. The second-order valence-corrected chi connectivity index (χ2v) is 8.05. The molecule has 0 radical (unpaired) electrons.